The summed E-state index contributed by atoms with van der Waals surface area (Å²) in [5.41, 5.74) is 2.13. The minimum Gasteiger partial charge on any atom is -0.348 e. The van der Waals surface area contributed by atoms with Crippen LogP contribution in [-0.2, 0) is 11.3 Å². The zero-order valence-corrected chi connectivity index (χ0v) is 17.5. The van der Waals surface area contributed by atoms with E-state index < -0.39 is 0 Å². The summed E-state index contributed by atoms with van der Waals surface area (Å²) < 4.78 is 2.07. The molecule has 5 nitrogen and oxygen atoms in total. The van der Waals surface area contributed by atoms with Crippen LogP contribution in [0, 0.1) is 30.1 Å². The molecule has 1 aromatic heterocycles. The molecule has 0 unspecified atom stereocenters. The Morgan fingerprint density at radius 1 is 1.18 bits per heavy atom. The Bertz CT molecular complexity index is 870. The van der Waals surface area contributed by atoms with Gasteiger partial charge in [0.2, 0.25) is 5.91 Å². The molecule has 2 aromatic rings. The van der Waals surface area contributed by atoms with E-state index in [1.165, 1.54) is 24.8 Å². The van der Waals surface area contributed by atoms with Gasteiger partial charge < -0.3 is 5.32 Å². The first-order chi connectivity index (χ1) is 13.6. The fourth-order valence-electron chi connectivity index (χ4n) is 6.31. The van der Waals surface area contributed by atoms with Gasteiger partial charge in [-0.2, -0.15) is 0 Å². The largest absolute Gasteiger partial charge is 0.348 e. The van der Waals surface area contributed by atoms with Gasteiger partial charge in [0.25, 0.3) is 0 Å². The highest BCUT2D eigenvalue weighted by atomic mass is 32.2. The Morgan fingerprint density at radius 3 is 2.46 bits per heavy atom. The molecule has 4 fully saturated rings. The van der Waals surface area contributed by atoms with Gasteiger partial charge in [-0.1, -0.05) is 23.9 Å². The lowest BCUT2D eigenvalue weighted by atomic mass is 9.49. The molecule has 1 amide bonds. The highest BCUT2D eigenvalue weighted by Gasteiger charge is 2.54. The number of thioether (sulfide) groups is 1. The summed E-state index contributed by atoms with van der Waals surface area (Å²) in [6.45, 7) is 2.52. The summed E-state index contributed by atoms with van der Waals surface area (Å²) in [4.78, 5) is 13.3. The summed E-state index contributed by atoms with van der Waals surface area (Å²) in [7, 11) is 0. The number of benzene rings is 1. The van der Waals surface area contributed by atoms with Crippen LogP contribution in [0.2, 0.25) is 0 Å². The number of aryl methyl sites for hydroxylation is 1. The molecule has 0 spiro atoms. The average Bonchev–Trinajstić information content (AvgIpc) is 3.08. The molecule has 1 heterocycles. The van der Waals surface area contributed by atoms with E-state index in [1.807, 2.05) is 12.3 Å². The predicted molar refractivity (Wildman–Crippen MR) is 110 cm³/mol. The number of rotatable bonds is 5. The Morgan fingerprint density at radius 2 is 1.86 bits per heavy atom. The van der Waals surface area contributed by atoms with Gasteiger partial charge in [0.15, 0.2) is 11.0 Å². The highest BCUT2D eigenvalue weighted by molar-refractivity contribution is 7.98. The molecular formula is C22H28N4OS. The Kier molecular flexibility index (Phi) is 4.49. The van der Waals surface area contributed by atoms with E-state index in [0.717, 1.165) is 53.7 Å². The summed E-state index contributed by atoms with van der Waals surface area (Å²) in [6, 6.07) is 8.33. The van der Waals surface area contributed by atoms with Crippen LogP contribution >= 0.6 is 11.8 Å². The Balaban J connectivity index is 1.36. The number of nitrogens with zero attached hydrogens (tertiary/aromatic N) is 3. The van der Waals surface area contributed by atoms with Gasteiger partial charge >= 0.3 is 0 Å². The number of carbonyl (C=O) groups excluding carboxylic acids is 1. The van der Waals surface area contributed by atoms with Crippen molar-refractivity contribution in [1.82, 2.24) is 20.1 Å². The molecular weight excluding hydrogens is 368 g/mol. The second kappa shape index (κ2) is 6.90. The molecule has 4 aliphatic carbocycles. The van der Waals surface area contributed by atoms with Crippen LogP contribution in [0.5, 0.6) is 0 Å². The first-order valence-corrected chi connectivity index (χ1v) is 11.6. The molecule has 0 atom stereocenters. The van der Waals surface area contributed by atoms with Crippen LogP contribution in [0.15, 0.2) is 29.4 Å². The second-order valence-corrected chi connectivity index (χ2v) is 9.93. The highest BCUT2D eigenvalue weighted by Crippen LogP contribution is 2.60. The van der Waals surface area contributed by atoms with Crippen molar-refractivity contribution in [2.75, 3.05) is 6.26 Å². The summed E-state index contributed by atoms with van der Waals surface area (Å²) >= 11 is 1.58. The number of amides is 1. The Hall–Kier alpha value is -1.82. The maximum absolute atomic E-state index is 13.3. The van der Waals surface area contributed by atoms with Gasteiger partial charge in [0.1, 0.15) is 0 Å². The van der Waals surface area contributed by atoms with Gasteiger partial charge in [-0.3, -0.25) is 9.36 Å². The van der Waals surface area contributed by atoms with Crippen molar-refractivity contribution in [1.29, 1.82) is 0 Å². The molecule has 1 N–H and O–H groups in total. The van der Waals surface area contributed by atoms with Crippen molar-refractivity contribution in [3.05, 3.63) is 35.7 Å². The van der Waals surface area contributed by atoms with E-state index in [9.17, 15) is 4.79 Å². The quantitative estimate of drug-likeness (QED) is 0.772. The van der Waals surface area contributed by atoms with E-state index >= 15 is 0 Å². The molecule has 4 saturated carbocycles. The third kappa shape index (κ3) is 3.06. The SMILES string of the molecule is CSc1nnc(CNC(=O)C23CC4CC(CC(C4)C2)C3)n1-c1cccc(C)c1. The Labute approximate surface area is 170 Å². The van der Waals surface area contributed by atoms with Crippen molar-refractivity contribution in [2.45, 2.75) is 57.1 Å². The predicted octanol–water partition coefficient (Wildman–Crippen LogP) is 4.13. The maximum atomic E-state index is 13.3. The maximum Gasteiger partial charge on any atom is 0.226 e. The minimum absolute atomic E-state index is 0.120. The molecule has 4 bridgehead atoms. The summed E-state index contributed by atoms with van der Waals surface area (Å²) in [5, 5.41) is 12.8. The molecule has 4 aliphatic rings. The zero-order chi connectivity index (χ0) is 19.3. The fourth-order valence-corrected chi connectivity index (χ4v) is 6.82. The van der Waals surface area contributed by atoms with Gasteiger partial charge in [0, 0.05) is 11.1 Å². The molecule has 0 saturated heterocycles. The lowest BCUT2D eigenvalue weighted by Crippen LogP contribution is -2.53. The first kappa shape index (κ1) is 18.2. The van der Waals surface area contributed by atoms with Crippen molar-refractivity contribution >= 4 is 17.7 Å². The molecule has 0 radical (unpaired) electrons. The van der Waals surface area contributed by atoms with Crippen LogP contribution < -0.4 is 5.32 Å². The lowest BCUT2D eigenvalue weighted by molar-refractivity contribution is -0.146. The monoisotopic (exact) mass is 396 g/mol. The standard InChI is InChI=1S/C22H28N4OS/c1-14-4-3-5-18(6-14)26-19(24-25-21(26)28-2)13-23-20(27)22-10-15-7-16(11-22)9-17(8-15)12-22/h3-6,15-17H,7-13H2,1-2H3,(H,23,27). The molecule has 148 valence electrons. The van der Waals surface area contributed by atoms with Crippen LogP contribution in [0.3, 0.4) is 0 Å². The number of carbonyl (C=O) groups is 1. The van der Waals surface area contributed by atoms with E-state index in [1.54, 1.807) is 11.8 Å². The number of hydrogen-bond donors (Lipinski definition) is 1. The van der Waals surface area contributed by atoms with Gasteiger partial charge in [0.05, 0.1) is 6.54 Å². The van der Waals surface area contributed by atoms with E-state index in [4.69, 9.17) is 0 Å². The van der Waals surface area contributed by atoms with E-state index in [-0.39, 0.29) is 11.3 Å². The second-order valence-electron chi connectivity index (χ2n) is 9.16. The smallest absolute Gasteiger partial charge is 0.226 e. The number of aromatic nitrogens is 3. The van der Waals surface area contributed by atoms with E-state index in [0.29, 0.717) is 6.54 Å². The molecule has 6 rings (SSSR count). The van der Waals surface area contributed by atoms with Gasteiger partial charge in [-0.05, 0) is 87.2 Å². The fraction of sp³-hybridized carbons (Fsp3) is 0.591. The van der Waals surface area contributed by atoms with Crippen LogP contribution in [0.4, 0.5) is 0 Å². The molecule has 28 heavy (non-hydrogen) atoms. The number of hydrogen-bond acceptors (Lipinski definition) is 4. The van der Waals surface area contributed by atoms with Gasteiger partial charge in [-0.25, -0.2) is 0 Å². The number of nitrogens with one attached hydrogen (secondary N) is 1. The van der Waals surface area contributed by atoms with Crippen LogP contribution in [-0.4, -0.2) is 26.9 Å². The van der Waals surface area contributed by atoms with Crippen molar-refractivity contribution in [3.63, 3.8) is 0 Å². The first-order valence-electron chi connectivity index (χ1n) is 10.4. The van der Waals surface area contributed by atoms with Crippen LogP contribution in [0.25, 0.3) is 5.69 Å². The third-order valence-electron chi connectivity index (χ3n) is 7.07. The van der Waals surface area contributed by atoms with Gasteiger partial charge in [-0.15, -0.1) is 10.2 Å². The normalized spacial score (nSPS) is 30.6. The minimum atomic E-state index is -0.120. The summed E-state index contributed by atoms with van der Waals surface area (Å²) in [5.74, 6) is 3.37. The molecule has 1 aromatic carbocycles. The molecule has 0 aliphatic heterocycles. The van der Waals surface area contributed by atoms with Crippen molar-refractivity contribution in [2.24, 2.45) is 23.2 Å². The van der Waals surface area contributed by atoms with Crippen molar-refractivity contribution < 1.29 is 4.79 Å². The van der Waals surface area contributed by atoms with E-state index in [2.05, 4.69) is 45.2 Å². The molecule has 6 heteroatoms. The zero-order valence-electron chi connectivity index (χ0n) is 16.6. The topological polar surface area (TPSA) is 59.8 Å². The average molecular weight is 397 g/mol. The van der Waals surface area contributed by atoms with Crippen LogP contribution in [0.1, 0.15) is 49.9 Å². The lowest BCUT2D eigenvalue weighted by Gasteiger charge is -2.55. The summed E-state index contributed by atoms with van der Waals surface area (Å²) in [6.07, 6.45) is 9.33. The van der Waals surface area contributed by atoms with Crippen molar-refractivity contribution in [3.8, 4) is 5.69 Å². The third-order valence-corrected chi connectivity index (χ3v) is 7.70.